The van der Waals surface area contributed by atoms with Crippen LogP contribution in [-0.2, 0) is 0 Å². The van der Waals surface area contributed by atoms with Gasteiger partial charge in [0.15, 0.2) is 5.78 Å². The molecule has 0 aliphatic carbocycles. The lowest BCUT2D eigenvalue weighted by Crippen LogP contribution is -2.30. The fraction of sp³-hybridized carbons (Fsp3) is 0.250. The number of nitrogens with one attached hydrogen (secondary N) is 1. The van der Waals surface area contributed by atoms with Crippen molar-refractivity contribution in [1.29, 1.82) is 0 Å². The summed E-state index contributed by atoms with van der Waals surface area (Å²) in [5.41, 5.74) is 1.73. The van der Waals surface area contributed by atoms with Gasteiger partial charge in [0.05, 0.1) is 11.6 Å². The molecule has 1 unspecified atom stereocenters. The monoisotopic (exact) mass is 202 g/mol. The van der Waals surface area contributed by atoms with Crippen molar-refractivity contribution >= 4 is 11.3 Å². The number of hydrogen-bond donors (Lipinski definition) is 1. The molecule has 0 fully saturated rings. The van der Waals surface area contributed by atoms with Crippen LogP contribution in [0, 0.1) is 0 Å². The highest BCUT2D eigenvalue weighted by Gasteiger charge is 2.15. The van der Waals surface area contributed by atoms with Crippen LogP contribution >= 0.6 is 0 Å². The van der Waals surface area contributed by atoms with E-state index in [0.717, 1.165) is 11.1 Å². The summed E-state index contributed by atoms with van der Waals surface area (Å²) in [5.74, 6) is 0.127. The highest BCUT2D eigenvalue weighted by molar-refractivity contribution is 6.05. The van der Waals surface area contributed by atoms with Gasteiger partial charge < -0.3 is 9.72 Å². The predicted octanol–water partition coefficient (Wildman–Crippen LogP) is 1.73. The number of carbonyl (C=O) groups excluding carboxylic acids is 1. The quantitative estimate of drug-likeness (QED) is 0.769. The molecular formula is C12H14N2O. The van der Waals surface area contributed by atoms with Crippen molar-refractivity contribution in [3.8, 4) is 0 Å². The van der Waals surface area contributed by atoms with E-state index in [0.29, 0.717) is 0 Å². The largest absolute Gasteiger partial charge is 0.323 e. The second-order valence-electron chi connectivity index (χ2n) is 3.60. The zero-order chi connectivity index (χ0) is 10.8. The van der Waals surface area contributed by atoms with E-state index in [-0.39, 0.29) is 11.8 Å². The van der Waals surface area contributed by atoms with E-state index in [9.17, 15) is 4.79 Å². The number of carbonyl (C=O) groups is 1. The maximum Gasteiger partial charge on any atom is 0.181 e. The topological polar surface area (TPSA) is 33.5 Å². The summed E-state index contributed by atoms with van der Waals surface area (Å²) in [6, 6.07) is 7.51. The summed E-state index contributed by atoms with van der Waals surface area (Å²) in [7, 11) is 1.79. The number of hydrogen-bond acceptors (Lipinski definition) is 2. The van der Waals surface area contributed by atoms with Crippen molar-refractivity contribution < 1.29 is 4.79 Å². The van der Waals surface area contributed by atoms with Gasteiger partial charge >= 0.3 is 0 Å². The first-order valence-electron chi connectivity index (χ1n) is 5.01. The molecule has 3 heteroatoms. The van der Waals surface area contributed by atoms with Crippen LogP contribution in [0.4, 0.5) is 0 Å². The Balaban J connectivity index is 2.51. The van der Waals surface area contributed by atoms with Crippen LogP contribution in [0.25, 0.3) is 5.52 Å². The third kappa shape index (κ3) is 1.66. The molecule has 0 saturated carbocycles. The minimum absolute atomic E-state index is 0.127. The lowest BCUT2D eigenvalue weighted by molar-refractivity contribution is 0.0956. The Hall–Kier alpha value is -1.61. The molecule has 3 nitrogen and oxygen atoms in total. The van der Waals surface area contributed by atoms with Crippen LogP contribution in [0.1, 0.15) is 17.3 Å². The van der Waals surface area contributed by atoms with Crippen molar-refractivity contribution in [2.75, 3.05) is 7.05 Å². The van der Waals surface area contributed by atoms with Gasteiger partial charge in [-0.15, -0.1) is 0 Å². The van der Waals surface area contributed by atoms with Gasteiger partial charge in [0.25, 0.3) is 0 Å². The molecule has 15 heavy (non-hydrogen) atoms. The van der Waals surface area contributed by atoms with Gasteiger partial charge in [-0.05, 0) is 38.2 Å². The van der Waals surface area contributed by atoms with Crippen molar-refractivity contribution in [2.24, 2.45) is 0 Å². The summed E-state index contributed by atoms with van der Waals surface area (Å²) in [6.45, 7) is 1.87. The number of fused-ring (bicyclic) bond motifs is 1. The summed E-state index contributed by atoms with van der Waals surface area (Å²) < 4.78 is 1.95. The SMILES string of the molecule is CNC(C)C(=O)c1cccn2cccc12. The Morgan fingerprint density at radius 3 is 2.67 bits per heavy atom. The molecule has 2 aromatic rings. The van der Waals surface area contributed by atoms with E-state index in [1.54, 1.807) is 7.05 Å². The second kappa shape index (κ2) is 3.87. The van der Waals surface area contributed by atoms with E-state index in [1.807, 2.05) is 48.0 Å². The number of ketones is 1. The van der Waals surface area contributed by atoms with Gasteiger partial charge in [-0.25, -0.2) is 0 Å². The van der Waals surface area contributed by atoms with Gasteiger partial charge in [-0.1, -0.05) is 0 Å². The fourth-order valence-corrected chi connectivity index (χ4v) is 1.64. The third-order valence-corrected chi connectivity index (χ3v) is 2.66. The number of rotatable bonds is 3. The average molecular weight is 202 g/mol. The Labute approximate surface area is 88.7 Å². The van der Waals surface area contributed by atoms with Crippen LogP contribution in [-0.4, -0.2) is 23.3 Å². The molecule has 0 bridgehead atoms. The Morgan fingerprint density at radius 2 is 2.00 bits per heavy atom. The second-order valence-corrected chi connectivity index (χ2v) is 3.60. The predicted molar refractivity (Wildman–Crippen MR) is 60.2 cm³/mol. The number of Topliss-reactive ketones (excluding diaryl/α,β-unsaturated/α-hetero) is 1. The molecule has 2 aromatic heterocycles. The molecule has 78 valence electrons. The molecule has 0 saturated heterocycles. The van der Waals surface area contributed by atoms with E-state index < -0.39 is 0 Å². The first-order valence-corrected chi connectivity index (χ1v) is 5.01. The Bertz CT molecular complexity index is 487. The van der Waals surface area contributed by atoms with Crippen molar-refractivity contribution in [2.45, 2.75) is 13.0 Å². The van der Waals surface area contributed by atoms with Gasteiger partial charge in [0, 0.05) is 18.0 Å². The van der Waals surface area contributed by atoms with Gasteiger partial charge in [-0.3, -0.25) is 4.79 Å². The molecule has 0 aliphatic heterocycles. The van der Waals surface area contributed by atoms with E-state index in [2.05, 4.69) is 5.32 Å². The summed E-state index contributed by atoms with van der Waals surface area (Å²) in [6.07, 6.45) is 3.88. The maximum atomic E-state index is 12.0. The standard InChI is InChI=1S/C12H14N2O/c1-9(13-2)12(15)10-5-3-7-14-8-4-6-11(10)14/h3-9,13H,1-2H3. The third-order valence-electron chi connectivity index (χ3n) is 2.66. The van der Waals surface area contributed by atoms with E-state index in [1.165, 1.54) is 0 Å². The van der Waals surface area contributed by atoms with Gasteiger partial charge in [-0.2, -0.15) is 0 Å². The molecule has 1 atom stereocenters. The number of aromatic nitrogens is 1. The molecule has 2 rings (SSSR count). The van der Waals surface area contributed by atoms with Crippen molar-refractivity contribution in [3.63, 3.8) is 0 Å². The first kappa shape index (κ1) is 9.93. The van der Waals surface area contributed by atoms with Crippen LogP contribution in [0.15, 0.2) is 36.7 Å². The molecule has 0 amide bonds. The molecule has 0 aliphatic rings. The Morgan fingerprint density at radius 1 is 1.33 bits per heavy atom. The zero-order valence-corrected chi connectivity index (χ0v) is 8.90. The number of pyridine rings is 1. The van der Waals surface area contributed by atoms with Crippen LogP contribution < -0.4 is 5.32 Å². The highest BCUT2D eigenvalue weighted by atomic mass is 16.1. The number of nitrogens with zero attached hydrogens (tertiary/aromatic N) is 1. The summed E-state index contributed by atoms with van der Waals surface area (Å²) in [5, 5.41) is 2.96. The minimum Gasteiger partial charge on any atom is -0.323 e. The number of likely N-dealkylation sites (N-methyl/N-ethyl adjacent to an activating group) is 1. The average Bonchev–Trinajstić information content (AvgIpc) is 2.74. The Kier molecular flexibility index (Phi) is 2.56. The summed E-state index contributed by atoms with van der Waals surface area (Å²) in [4.78, 5) is 12.0. The smallest absolute Gasteiger partial charge is 0.181 e. The zero-order valence-electron chi connectivity index (χ0n) is 8.90. The highest BCUT2D eigenvalue weighted by Crippen LogP contribution is 2.13. The van der Waals surface area contributed by atoms with Gasteiger partial charge in [0.1, 0.15) is 0 Å². The molecule has 0 spiro atoms. The molecule has 2 heterocycles. The normalized spacial score (nSPS) is 12.9. The first-order chi connectivity index (χ1) is 7.24. The maximum absolute atomic E-state index is 12.0. The fourth-order valence-electron chi connectivity index (χ4n) is 1.64. The van der Waals surface area contributed by atoms with Crippen LogP contribution in [0.5, 0.6) is 0 Å². The van der Waals surface area contributed by atoms with Crippen LogP contribution in [0.3, 0.4) is 0 Å². The lowest BCUT2D eigenvalue weighted by Gasteiger charge is -2.10. The minimum atomic E-state index is -0.147. The molecule has 0 radical (unpaired) electrons. The summed E-state index contributed by atoms with van der Waals surface area (Å²) >= 11 is 0. The van der Waals surface area contributed by atoms with Crippen molar-refractivity contribution in [3.05, 3.63) is 42.2 Å². The molecule has 0 aromatic carbocycles. The van der Waals surface area contributed by atoms with E-state index in [4.69, 9.17) is 0 Å². The molecular weight excluding hydrogens is 188 g/mol. The van der Waals surface area contributed by atoms with Crippen LogP contribution in [0.2, 0.25) is 0 Å². The lowest BCUT2D eigenvalue weighted by atomic mass is 10.1. The van der Waals surface area contributed by atoms with Gasteiger partial charge in [0.2, 0.25) is 0 Å². The van der Waals surface area contributed by atoms with Crippen molar-refractivity contribution in [1.82, 2.24) is 9.72 Å². The molecule has 1 N–H and O–H groups in total. The van der Waals surface area contributed by atoms with E-state index >= 15 is 0 Å².